The van der Waals surface area contributed by atoms with E-state index in [9.17, 15) is 0 Å². The van der Waals surface area contributed by atoms with E-state index in [1.165, 1.54) is 29.6 Å². The van der Waals surface area contributed by atoms with Crippen molar-refractivity contribution in [3.8, 4) is 0 Å². The number of nitrogen functional groups attached to an aromatic ring is 1. The van der Waals surface area contributed by atoms with Crippen molar-refractivity contribution < 1.29 is 0 Å². The second-order valence-electron chi connectivity index (χ2n) is 7.10. The number of hydrogen-bond donors (Lipinski definition) is 2. The quantitative estimate of drug-likeness (QED) is 0.571. The molecule has 1 aliphatic carbocycles. The predicted molar refractivity (Wildman–Crippen MR) is 92.2 cm³/mol. The summed E-state index contributed by atoms with van der Waals surface area (Å²) in [7, 11) is 0. The van der Waals surface area contributed by atoms with Gasteiger partial charge in [0.25, 0.3) is 0 Å². The molecule has 1 aliphatic heterocycles. The zero-order valence-electron chi connectivity index (χ0n) is 13.5. The summed E-state index contributed by atoms with van der Waals surface area (Å²) in [6.07, 6.45) is 7.28. The summed E-state index contributed by atoms with van der Waals surface area (Å²) >= 11 is 0. The first-order valence-corrected chi connectivity index (χ1v) is 7.97. The van der Waals surface area contributed by atoms with Crippen LogP contribution in [0.4, 0.5) is 11.4 Å². The highest BCUT2D eigenvalue weighted by Gasteiger charge is 2.36. The van der Waals surface area contributed by atoms with Crippen molar-refractivity contribution in [2.45, 2.75) is 46.1 Å². The number of hydrogen-bond acceptors (Lipinski definition) is 2. The molecular weight excluding hydrogens is 256 g/mol. The van der Waals surface area contributed by atoms with Crippen molar-refractivity contribution in [2.75, 3.05) is 11.1 Å². The molecular formula is C19H26N2. The highest BCUT2D eigenvalue weighted by atomic mass is 15.0. The van der Waals surface area contributed by atoms with E-state index in [-0.39, 0.29) is 5.54 Å². The molecule has 0 radical (unpaired) electrons. The molecule has 0 amide bonds. The van der Waals surface area contributed by atoms with E-state index >= 15 is 0 Å². The molecule has 3 rings (SSSR count). The van der Waals surface area contributed by atoms with Crippen LogP contribution in [-0.4, -0.2) is 5.54 Å². The van der Waals surface area contributed by atoms with Gasteiger partial charge in [0.2, 0.25) is 0 Å². The zero-order chi connectivity index (χ0) is 15.2. The molecule has 1 heterocycles. The molecule has 21 heavy (non-hydrogen) atoms. The summed E-state index contributed by atoms with van der Waals surface area (Å²) in [4.78, 5) is 0. The Hall–Kier alpha value is -1.70. The summed E-state index contributed by atoms with van der Waals surface area (Å²) in [6, 6.07) is 6.16. The van der Waals surface area contributed by atoms with Gasteiger partial charge in [0, 0.05) is 22.9 Å². The minimum Gasteiger partial charge on any atom is -0.398 e. The fraction of sp³-hybridized carbons (Fsp3) is 0.474. The molecule has 112 valence electrons. The number of anilines is 2. The van der Waals surface area contributed by atoms with Crippen LogP contribution in [0.5, 0.6) is 0 Å². The largest absolute Gasteiger partial charge is 0.398 e. The molecule has 0 saturated heterocycles. The summed E-state index contributed by atoms with van der Waals surface area (Å²) in [5, 5.41) is 3.69. The first-order valence-electron chi connectivity index (χ1n) is 7.97. The smallest absolute Gasteiger partial charge is 0.0540 e. The van der Waals surface area contributed by atoms with Crippen LogP contribution < -0.4 is 11.1 Å². The molecule has 0 aromatic heterocycles. The molecule has 2 nitrogen and oxygen atoms in total. The van der Waals surface area contributed by atoms with Crippen LogP contribution in [0.25, 0.3) is 5.57 Å². The lowest BCUT2D eigenvalue weighted by molar-refractivity contribution is 0.475. The zero-order valence-corrected chi connectivity index (χ0v) is 13.5. The maximum Gasteiger partial charge on any atom is 0.0540 e. The number of fused-ring (bicyclic) bond motifs is 1. The Morgan fingerprint density at radius 3 is 2.62 bits per heavy atom. The fourth-order valence-corrected chi connectivity index (χ4v) is 4.04. The lowest BCUT2D eigenvalue weighted by Gasteiger charge is -2.42. The Morgan fingerprint density at radius 1 is 1.19 bits per heavy atom. The third-order valence-electron chi connectivity index (χ3n) is 4.97. The van der Waals surface area contributed by atoms with Crippen LogP contribution in [0.15, 0.2) is 35.9 Å². The van der Waals surface area contributed by atoms with Gasteiger partial charge < -0.3 is 11.1 Å². The van der Waals surface area contributed by atoms with Crippen molar-refractivity contribution in [3.63, 3.8) is 0 Å². The Balaban J connectivity index is 2.14. The van der Waals surface area contributed by atoms with E-state index in [1.807, 2.05) is 12.1 Å². The van der Waals surface area contributed by atoms with Gasteiger partial charge in [-0.15, -0.1) is 0 Å². The number of nitrogens with two attached hydrogens (primary N) is 1. The number of rotatable bonds is 1. The number of allylic oxidation sites excluding steroid dienone is 3. The lowest BCUT2D eigenvalue weighted by Crippen LogP contribution is -2.40. The minimum atomic E-state index is -0.0273. The van der Waals surface area contributed by atoms with Gasteiger partial charge in [-0.1, -0.05) is 25.1 Å². The van der Waals surface area contributed by atoms with Crippen LogP contribution in [0, 0.1) is 11.8 Å². The Bertz CT molecular complexity index is 622. The van der Waals surface area contributed by atoms with Gasteiger partial charge in [-0.3, -0.25) is 0 Å². The normalized spacial score (nSPS) is 27.2. The van der Waals surface area contributed by atoms with Gasteiger partial charge in [0.05, 0.1) is 5.54 Å². The lowest BCUT2D eigenvalue weighted by atomic mass is 9.72. The number of benzene rings is 1. The molecule has 0 saturated carbocycles. The first-order chi connectivity index (χ1) is 9.90. The molecule has 2 aliphatic rings. The van der Waals surface area contributed by atoms with Crippen LogP contribution in [0.1, 0.15) is 46.1 Å². The Labute approximate surface area is 128 Å². The van der Waals surface area contributed by atoms with Gasteiger partial charge >= 0.3 is 0 Å². The van der Waals surface area contributed by atoms with Gasteiger partial charge in [-0.2, -0.15) is 0 Å². The van der Waals surface area contributed by atoms with E-state index in [1.54, 1.807) is 0 Å². The second-order valence-corrected chi connectivity index (χ2v) is 7.10. The third-order valence-corrected chi connectivity index (χ3v) is 4.97. The summed E-state index contributed by atoms with van der Waals surface area (Å²) < 4.78 is 0. The predicted octanol–water partition coefficient (Wildman–Crippen LogP) is 4.85. The molecule has 0 bridgehead atoms. The Morgan fingerprint density at radius 2 is 1.95 bits per heavy atom. The second kappa shape index (κ2) is 4.94. The summed E-state index contributed by atoms with van der Waals surface area (Å²) in [6.45, 7) is 9.10. The summed E-state index contributed by atoms with van der Waals surface area (Å²) in [5.74, 6) is 1.23. The van der Waals surface area contributed by atoms with Crippen molar-refractivity contribution in [1.29, 1.82) is 0 Å². The van der Waals surface area contributed by atoms with Gasteiger partial charge in [-0.25, -0.2) is 0 Å². The van der Waals surface area contributed by atoms with Gasteiger partial charge in [0.15, 0.2) is 0 Å². The molecule has 2 atom stereocenters. The highest BCUT2D eigenvalue weighted by molar-refractivity contribution is 5.89. The van der Waals surface area contributed by atoms with E-state index in [4.69, 9.17) is 5.73 Å². The van der Waals surface area contributed by atoms with E-state index in [2.05, 4.69) is 51.2 Å². The fourth-order valence-electron chi connectivity index (χ4n) is 4.04. The maximum atomic E-state index is 6.24. The minimum absolute atomic E-state index is 0.0273. The molecule has 2 heteroatoms. The molecule has 2 unspecified atom stereocenters. The number of nitrogens with one attached hydrogen (secondary N) is 1. The highest BCUT2D eigenvalue weighted by Crippen LogP contribution is 2.46. The van der Waals surface area contributed by atoms with E-state index in [0.717, 1.165) is 11.4 Å². The van der Waals surface area contributed by atoms with Crippen LogP contribution in [0.3, 0.4) is 0 Å². The molecule has 0 spiro atoms. The van der Waals surface area contributed by atoms with Crippen LogP contribution in [0.2, 0.25) is 0 Å². The Kier molecular flexibility index (Phi) is 3.35. The molecule has 3 N–H and O–H groups in total. The van der Waals surface area contributed by atoms with Gasteiger partial charge in [-0.05, 0) is 62.8 Å². The van der Waals surface area contributed by atoms with Gasteiger partial charge in [0.1, 0.15) is 0 Å². The molecule has 1 aromatic carbocycles. The standard InChI is InChI=1S/C19H26N2/c1-12-8-10-14(11-9-12)18-13(2)17-15(20)6-5-7-16(17)21-19(18,3)4/h5-8,10,12,14,21H,9,11,20H2,1-4H3. The first kappa shape index (κ1) is 14.2. The summed E-state index contributed by atoms with van der Waals surface area (Å²) in [5.41, 5.74) is 12.3. The van der Waals surface area contributed by atoms with Crippen molar-refractivity contribution in [2.24, 2.45) is 11.8 Å². The average Bonchev–Trinajstić information content (AvgIpc) is 2.39. The molecule has 0 fully saturated rings. The third kappa shape index (κ3) is 2.37. The SMILES string of the molecule is CC1=C(C2C=CC(C)CC2)C(C)(C)Nc2cccc(N)c21. The van der Waals surface area contributed by atoms with Crippen molar-refractivity contribution in [1.82, 2.24) is 0 Å². The monoisotopic (exact) mass is 282 g/mol. The van der Waals surface area contributed by atoms with E-state index < -0.39 is 0 Å². The topological polar surface area (TPSA) is 38.0 Å². The van der Waals surface area contributed by atoms with Crippen molar-refractivity contribution in [3.05, 3.63) is 41.5 Å². The van der Waals surface area contributed by atoms with E-state index in [0.29, 0.717) is 11.8 Å². The van der Waals surface area contributed by atoms with Crippen LogP contribution >= 0.6 is 0 Å². The maximum absolute atomic E-state index is 6.24. The average molecular weight is 282 g/mol. The molecule has 1 aromatic rings. The van der Waals surface area contributed by atoms with Crippen LogP contribution in [-0.2, 0) is 0 Å². The van der Waals surface area contributed by atoms with Crippen molar-refractivity contribution >= 4 is 16.9 Å².